The number of fused-ring (bicyclic) bond motifs is 1. The molecule has 86 valence electrons. The molecule has 0 spiro atoms. The maximum absolute atomic E-state index is 13.2. The van der Waals surface area contributed by atoms with Crippen LogP contribution in [0.15, 0.2) is 30.5 Å². The molecule has 0 saturated heterocycles. The van der Waals surface area contributed by atoms with Crippen LogP contribution < -0.4 is 4.74 Å². The third kappa shape index (κ3) is 1.51. The van der Waals surface area contributed by atoms with Gasteiger partial charge in [0.2, 0.25) is 0 Å². The first kappa shape index (κ1) is 10.0. The molecule has 4 nitrogen and oxygen atoms in total. The van der Waals surface area contributed by atoms with E-state index in [4.69, 9.17) is 4.74 Å². The first-order valence-corrected chi connectivity index (χ1v) is 5.20. The summed E-state index contributed by atoms with van der Waals surface area (Å²) in [4.78, 5) is 14.9. The van der Waals surface area contributed by atoms with E-state index in [1.165, 1.54) is 18.3 Å². The van der Waals surface area contributed by atoms with Crippen molar-refractivity contribution in [2.75, 3.05) is 6.61 Å². The summed E-state index contributed by atoms with van der Waals surface area (Å²) in [5, 5.41) is 0. The highest BCUT2D eigenvalue weighted by atomic mass is 19.1. The van der Waals surface area contributed by atoms with Crippen LogP contribution >= 0.6 is 0 Å². The number of halogens is 1. The van der Waals surface area contributed by atoms with Gasteiger partial charge in [-0.3, -0.25) is 9.36 Å². The van der Waals surface area contributed by atoms with Crippen molar-refractivity contribution in [2.24, 2.45) is 0 Å². The molecule has 2 heterocycles. The van der Waals surface area contributed by atoms with Gasteiger partial charge in [0.05, 0.1) is 12.2 Å². The number of carbonyl (C=O) groups excluding carboxylic acids is 1. The number of aromatic nitrogens is 2. The van der Waals surface area contributed by atoms with Crippen LogP contribution in [0.2, 0.25) is 0 Å². The van der Waals surface area contributed by atoms with Gasteiger partial charge in [0, 0.05) is 0 Å². The Labute approximate surface area is 96.7 Å². The molecular weight excluding hydrogens is 223 g/mol. The second-order valence-electron chi connectivity index (χ2n) is 3.84. The number of imidazole rings is 1. The molecule has 1 aliphatic heterocycles. The van der Waals surface area contributed by atoms with Gasteiger partial charge in [-0.2, -0.15) is 0 Å². The summed E-state index contributed by atoms with van der Waals surface area (Å²) in [6.07, 6.45) is 2.17. The maximum atomic E-state index is 13.2. The molecule has 1 aromatic carbocycles. The van der Waals surface area contributed by atoms with Gasteiger partial charge >= 0.3 is 0 Å². The average molecular weight is 232 g/mol. The lowest BCUT2D eigenvalue weighted by Crippen LogP contribution is -2.11. The van der Waals surface area contributed by atoms with Crippen LogP contribution in [0, 0.1) is 5.82 Å². The molecule has 0 amide bonds. The zero-order valence-corrected chi connectivity index (χ0v) is 8.84. The summed E-state index contributed by atoms with van der Waals surface area (Å²) in [6, 6.07) is 6.48. The number of benzene rings is 1. The lowest BCUT2D eigenvalue weighted by Gasteiger charge is -2.11. The molecule has 0 radical (unpaired) electrons. The smallest absolute Gasteiger partial charge is 0.297 e. The van der Waals surface area contributed by atoms with Gasteiger partial charge in [-0.1, -0.05) is 12.1 Å². The number of hydrogen-bond donors (Lipinski definition) is 0. The van der Waals surface area contributed by atoms with Gasteiger partial charge in [0.15, 0.2) is 6.29 Å². The first-order valence-electron chi connectivity index (χ1n) is 5.20. The number of nitrogens with zero attached hydrogens (tertiary/aromatic N) is 2. The van der Waals surface area contributed by atoms with Gasteiger partial charge in [-0.25, -0.2) is 9.37 Å². The number of aldehydes is 1. The molecule has 2 aromatic rings. The van der Waals surface area contributed by atoms with E-state index in [1.54, 1.807) is 16.7 Å². The highest BCUT2D eigenvalue weighted by Gasteiger charge is 2.28. The Morgan fingerprint density at radius 2 is 2.41 bits per heavy atom. The molecule has 0 saturated carbocycles. The monoisotopic (exact) mass is 232 g/mol. The lowest BCUT2D eigenvalue weighted by atomic mass is 10.1. The molecule has 0 N–H and O–H groups in total. The van der Waals surface area contributed by atoms with Gasteiger partial charge < -0.3 is 4.74 Å². The molecule has 1 aliphatic rings. The molecule has 3 rings (SSSR count). The summed E-state index contributed by atoms with van der Waals surface area (Å²) < 4.78 is 20.2. The normalized spacial score (nSPS) is 17.6. The topological polar surface area (TPSA) is 44.1 Å². The highest BCUT2D eigenvalue weighted by Crippen LogP contribution is 2.31. The van der Waals surface area contributed by atoms with Crippen LogP contribution in [-0.4, -0.2) is 22.4 Å². The predicted octanol–water partition coefficient (Wildman–Crippen LogP) is 1.82. The van der Waals surface area contributed by atoms with E-state index in [1.807, 2.05) is 0 Å². The Balaban J connectivity index is 2.08. The second kappa shape index (κ2) is 3.69. The Bertz CT molecular complexity index is 580. The summed E-state index contributed by atoms with van der Waals surface area (Å²) in [7, 11) is 0. The maximum Gasteiger partial charge on any atom is 0.297 e. The van der Waals surface area contributed by atoms with Crippen molar-refractivity contribution in [1.29, 1.82) is 0 Å². The van der Waals surface area contributed by atoms with Crippen molar-refractivity contribution < 1.29 is 13.9 Å². The van der Waals surface area contributed by atoms with Crippen molar-refractivity contribution >= 4 is 6.29 Å². The van der Waals surface area contributed by atoms with Crippen LogP contribution in [0.1, 0.15) is 22.1 Å². The molecule has 1 aromatic heterocycles. The SMILES string of the molecule is O=Cc1cnc2n1C(c1cccc(F)c1)CO2. The zero-order chi connectivity index (χ0) is 11.8. The Hall–Kier alpha value is -2.17. The van der Waals surface area contributed by atoms with Crippen LogP contribution in [0.4, 0.5) is 4.39 Å². The lowest BCUT2D eigenvalue weighted by molar-refractivity contribution is 0.111. The van der Waals surface area contributed by atoms with Crippen molar-refractivity contribution in [3.05, 3.63) is 47.5 Å². The number of ether oxygens (including phenoxy) is 1. The van der Waals surface area contributed by atoms with Crippen LogP contribution in [0.25, 0.3) is 0 Å². The van der Waals surface area contributed by atoms with Crippen LogP contribution in [0.5, 0.6) is 6.01 Å². The standard InChI is InChI=1S/C12H9FN2O2/c13-9-3-1-2-8(4-9)11-7-17-12-14-5-10(6-16)15(11)12/h1-6,11H,7H2. The molecular formula is C12H9FN2O2. The van der Waals surface area contributed by atoms with Gasteiger partial charge in [-0.15, -0.1) is 0 Å². The van der Waals surface area contributed by atoms with E-state index in [2.05, 4.69) is 4.98 Å². The van der Waals surface area contributed by atoms with Crippen molar-refractivity contribution in [3.63, 3.8) is 0 Å². The highest BCUT2D eigenvalue weighted by molar-refractivity contribution is 5.72. The van der Waals surface area contributed by atoms with E-state index in [0.717, 1.165) is 11.8 Å². The predicted molar refractivity (Wildman–Crippen MR) is 57.6 cm³/mol. The molecule has 0 aliphatic carbocycles. The number of carbonyl (C=O) groups is 1. The van der Waals surface area contributed by atoms with E-state index >= 15 is 0 Å². The Morgan fingerprint density at radius 3 is 3.18 bits per heavy atom. The third-order valence-corrected chi connectivity index (χ3v) is 2.83. The van der Waals surface area contributed by atoms with E-state index in [0.29, 0.717) is 18.3 Å². The fourth-order valence-electron chi connectivity index (χ4n) is 2.05. The van der Waals surface area contributed by atoms with Gasteiger partial charge in [0.25, 0.3) is 6.01 Å². The van der Waals surface area contributed by atoms with Crippen LogP contribution in [0.3, 0.4) is 0 Å². The average Bonchev–Trinajstić information content (AvgIpc) is 2.89. The molecule has 1 unspecified atom stereocenters. The Kier molecular flexibility index (Phi) is 2.18. The molecule has 0 bridgehead atoms. The molecule has 17 heavy (non-hydrogen) atoms. The minimum absolute atomic E-state index is 0.191. The van der Waals surface area contributed by atoms with Crippen molar-refractivity contribution in [3.8, 4) is 6.01 Å². The summed E-state index contributed by atoms with van der Waals surface area (Å²) >= 11 is 0. The zero-order valence-electron chi connectivity index (χ0n) is 8.84. The van der Waals surface area contributed by atoms with Gasteiger partial charge in [-0.05, 0) is 17.7 Å². The van der Waals surface area contributed by atoms with E-state index in [9.17, 15) is 9.18 Å². The first-order chi connectivity index (χ1) is 8.29. The summed E-state index contributed by atoms with van der Waals surface area (Å²) in [5.41, 5.74) is 1.21. The van der Waals surface area contributed by atoms with Crippen LogP contribution in [-0.2, 0) is 0 Å². The van der Waals surface area contributed by atoms with E-state index in [-0.39, 0.29) is 11.9 Å². The van der Waals surface area contributed by atoms with E-state index < -0.39 is 0 Å². The minimum atomic E-state index is -0.302. The fraction of sp³-hybridized carbons (Fsp3) is 0.167. The minimum Gasteiger partial charge on any atom is -0.462 e. The van der Waals surface area contributed by atoms with Crippen molar-refractivity contribution in [1.82, 2.24) is 9.55 Å². The summed E-state index contributed by atoms with van der Waals surface area (Å²) in [5.74, 6) is -0.302. The van der Waals surface area contributed by atoms with Crippen molar-refractivity contribution in [2.45, 2.75) is 6.04 Å². The largest absolute Gasteiger partial charge is 0.462 e. The quantitative estimate of drug-likeness (QED) is 0.742. The molecule has 1 atom stereocenters. The second-order valence-corrected chi connectivity index (χ2v) is 3.84. The molecule has 0 fully saturated rings. The fourth-order valence-corrected chi connectivity index (χ4v) is 2.05. The Morgan fingerprint density at radius 1 is 1.53 bits per heavy atom. The third-order valence-electron chi connectivity index (χ3n) is 2.83. The number of rotatable bonds is 2. The summed E-state index contributed by atoms with van der Waals surface area (Å²) in [6.45, 7) is 0.369. The number of hydrogen-bond acceptors (Lipinski definition) is 3. The molecule has 5 heteroatoms. The van der Waals surface area contributed by atoms with Gasteiger partial charge in [0.1, 0.15) is 18.1 Å².